The van der Waals surface area contributed by atoms with Crippen LogP contribution >= 0.6 is 11.8 Å². The first kappa shape index (κ1) is 34.8. The Balaban J connectivity index is 1.81. The van der Waals surface area contributed by atoms with Crippen molar-refractivity contribution in [3.63, 3.8) is 0 Å². The van der Waals surface area contributed by atoms with Crippen LogP contribution < -0.4 is 27.4 Å². The van der Waals surface area contributed by atoms with Crippen LogP contribution in [-0.4, -0.2) is 76.4 Å². The number of nitrogens with two attached hydrogens (primary N) is 2. The van der Waals surface area contributed by atoms with E-state index >= 15 is 0 Å². The number of para-hydroxylation sites is 1. The summed E-state index contributed by atoms with van der Waals surface area (Å²) in [4.78, 5) is 72.2. The number of nitrogens with zero attached hydrogens (tertiary/aromatic N) is 1. The maximum Gasteiger partial charge on any atom is 0.243 e. The van der Waals surface area contributed by atoms with Crippen molar-refractivity contribution < 1.29 is 24.0 Å². The van der Waals surface area contributed by atoms with Gasteiger partial charge in [0.2, 0.25) is 29.5 Å². The van der Waals surface area contributed by atoms with Gasteiger partial charge < -0.3 is 32.4 Å². The Kier molecular flexibility index (Phi) is 12.7. The predicted octanol–water partition coefficient (Wildman–Crippen LogP) is 1.37. The van der Waals surface area contributed by atoms with E-state index in [9.17, 15) is 24.0 Å². The highest BCUT2D eigenvalue weighted by Gasteiger charge is 2.41. The molecule has 240 valence electrons. The Morgan fingerprint density at radius 1 is 0.889 bits per heavy atom. The topological polar surface area (TPSA) is 202 Å². The summed E-state index contributed by atoms with van der Waals surface area (Å²) in [5.74, 6) is -2.78. The van der Waals surface area contributed by atoms with Crippen molar-refractivity contribution in [2.45, 2.75) is 62.4 Å². The fraction of sp³-hybridized carbons (Fsp3) is 0.375. The molecule has 1 heterocycles. The number of aromatic amines is 1. The lowest BCUT2D eigenvalue weighted by atomic mass is 10.0. The normalized spacial score (nSPS) is 14.6. The number of amides is 5. The van der Waals surface area contributed by atoms with Gasteiger partial charge in [-0.3, -0.25) is 29.0 Å². The largest absolute Gasteiger partial charge is 0.370 e. The zero-order chi connectivity index (χ0) is 33.0. The molecule has 2 aromatic carbocycles. The number of rotatable bonds is 17. The maximum atomic E-state index is 13.7. The molecule has 1 aromatic heterocycles. The zero-order valence-corrected chi connectivity index (χ0v) is 26.5. The highest BCUT2D eigenvalue weighted by molar-refractivity contribution is 8.02. The first-order valence-electron chi connectivity index (χ1n) is 14.7. The summed E-state index contributed by atoms with van der Waals surface area (Å²) < 4.78 is -1.43. The van der Waals surface area contributed by atoms with Crippen molar-refractivity contribution in [1.29, 1.82) is 0 Å². The summed E-state index contributed by atoms with van der Waals surface area (Å²) in [6.07, 6.45) is 3.26. The van der Waals surface area contributed by atoms with Crippen molar-refractivity contribution in [1.82, 2.24) is 20.9 Å². The van der Waals surface area contributed by atoms with Gasteiger partial charge in [0.25, 0.3) is 0 Å². The summed E-state index contributed by atoms with van der Waals surface area (Å²) in [5.41, 5.74) is 13.6. The van der Waals surface area contributed by atoms with Crippen LogP contribution in [0.4, 0.5) is 0 Å². The molecule has 0 saturated carbocycles. The number of nitrogens with one attached hydrogen (secondary N) is 4. The van der Waals surface area contributed by atoms with Gasteiger partial charge in [0.1, 0.15) is 22.9 Å². The average molecular weight is 636 g/mol. The Labute approximate surface area is 266 Å². The Bertz CT molecular complexity index is 1530. The van der Waals surface area contributed by atoms with E-state index in [4.69, 9.17) is 11.5 Å². The lowest BCUT2D eigenvalue weighted by molar-refractivity contribution is -0.133. The number of carbonyl (C=O) groups excluding carboxylic acids is 5. The van der Waals surface area contributed by atoms with Crippen LogP contribution in [-0.2, 0) is 36.8 Å². The SMILES string of the molecule is CCSC(C=NC)(CC(N)=O)C(=O)N[C@H](Cc1ccccc1)C(=O)N[C@@H](CC)C(=O)N[C@@H](Cc1c[nH]c2ccccc12)C(N)=O. The van der Waals surface area contributed by atoms with E-state index in [2.05, 4.69) is 25.9 Å². The van der Waals surface area contributed by atoms with E-state index in [1.807, 2.05) is 49.4 Å². The molecule has 0 saturated heterocycles. The van der Waals surface area contributed by atoms with Crippen LogP contribution in [0, 0.1) is 0 Å². The lowest BCUT2D eigenvalue weighted by Gasteiger charge is -2.30. The minimum atomic E-state index is -1.43. The smallest absolute Gasteiger partial charge is 0.243 e. The number of hydrogen-bond acceptors (Lipinski definition) is 7. The first-order chi connectivity index (χ1) is 21.5. The number of primary amides is 2. The van der Waals surface area contributed by atoms with Crippen LogP contribution in [0.2, 0.25) is 0 Å². The van der Waals surface area contributed by atoms with E-state index in [-0.39, 0.29) is 25.7 Å². The average Bonchev–Trinajstić information content (AvgIpc) is 3.42. The second kappa shape index (κ2) is 16.4. The summed E-state index contributed by atoms with van der Waals surface area (Å²) >= 11 is 1.18. The number of carbonyl (C=O) groups is 5. The van der Waals surface area contributed by atoms with Gasteiger partial charge in [-0.25, -0.2) is 0 Å². The molecule has 0 aliphatic rings. The Hall–Kier alpha value is -4.65. The fourth-order valence-corrected chi connectivity index (χ4v) is 6.17. The van der Waals surface area contributed by atoms with Crippen LogP contribution in [0.5, 0.6) is 0 Å². The number of fused-ring (bicyclic) bond motifs is 1. The van der Waals surface area contributed by atoms with E-state index in [0.29, 0.717) is 5.75 Å². The van der Waals surface area contributed by atoms with E-state index < -0.39 is 52.4 Å². The minimum Gasteiger partial charge on any atom is -0.370 e. The van der Waals surface area contributed by atoms with Gasteiger partial charge in [0.05, 0.1) is 6.42 Å². The third kappa shape index (κ3) is 9.42. The Morgan fingerprint density at radius 3 is 2.16 bits per heavy atom. The summed E-state index contributed by atoms with van der Waals surface area (Å²) in [6.45, 7) is 3.54. The van der Waals surface area contributed by atoms with E-state index in [0.717, 1.165) is 22.0 Å². The molecule has 4 atom stereocenters. The van der Waals surface area contributed by atoms with Gasteiger partial charge in [0.15, 0.2) is 0 Å². The number of aliphatic imine (C=N–C) groups is 1. The van der Waals surface area contributed by atoms with Crippen molar-refractivity contribution in [2.24, 2.45) is 16.5 Å². The molecule has 8 N–H and O–H groups in total. The zero-order valence-electron chi connectivity index (χ0n) is 25.7. The van der Waals surface area contributed by atoms with Gasteiger partial charge >= 0.3 is 0 Å². The number of benzene rings is 2. The van der Waals surface area contributed by atoms with Crippen LogP contribution in [0.25, 0.3) is 10.9 Å². The molecular weight excluding hydrogens is 594 g/mol. The summed E-state index contributed by atoms with van der Waals surface area (Å²) in [7, 11) is 1.48. The molecule has 0 radical (unpaired) electrons. The third-order valence-corrected chi connectivity index (χ3v) is 8.50. The second-order valence-corrected chi connectivity index (χ2v) is 12.2. The summed E-state index contributed by atoms with van der Waals surface area (Å²) in [5, 5.41) is 9.09. The molecule has 3 rings (SSSR count). The van der Waals surface area contributed by atoms with Crippen LogP contribution in [0.1, 0.15) is 37.8 Å². The third-order valence-electron chi connectivity index (χ3n) is 7.27. The molecule has 0 spiro atoms. The quantitative estimate of drug-likeness (QED) is 0.121. The molecule has 12 nitrogen and oxygen atoms in total. The van der Waals surface area contributed by atoms with Crippen molar-refractivity contribution in [2.75, 3.05) is 12.8 Å². The fourth-order valence-electron chi connectivity index (χ4n) is 5.04. The van der Waals surface area contributed by atoms with Crippen LogP contribution in [0.3, 0.4) is 0 Å². The molecule has 1 unspecified atom stereocenters. The molecule has 3 aromatic rings. The van der Waals surface area contributed by atoms with E-state index in [1.54, 1.807) is 25.3 Å². The maximum absolute atomic E-state index is 13.7. The van der Waals surface area contributed by atoms with Gasteiger partial charge in [-0.2, -0.15) is 0 Å². The highest BCUT2D eigenvalue weighted by Crippen LogP contribution is 2.28. The first-order valence-corrected chi connectivity index (χ1v) is 15.7. The molecule has 5 amide bonds. The number of H-pyrrole nitrogens is 1. The van der Waals surface area contributed by atoms with Crippen LogP contribution in [0.15, 0.2) is 65.8 Å². The molecule has 0 aliphatic carbocycles. The predicted molar refractivity (Wildman–Crippen MR) is 177 cm³/mol. The van der Waals surface area contributed by atoms with Gasteiger partial charge in [-0.15, -0.1) is 11.8 Å². The Morgan fingerprint density at radius 2 is 1.53 bits per heavy atom. The molecule has 0 fully saturated rings. The summed E-state index contributed by atoms with van der Waals surface area (Å²) in [6, 6.07) is 13.4. The molecule has 0 bridgehead atoms. The lowest BCUT2D eigenvalue weighted by Crippen LogP contribution is -2.59. The molecule has 0 aliphatic heterocycles. The number of hydrogen-bond donors (Lipinski definition) is 6. The number of thioether (sulfide) groups is 1. The van der Waals surface area contributed by atoms with Gasteiger partial charge in [0, 0.05) is 43.2 Å². The molecule has 45 heavy (non-hydrogen) atoms. The second-order valence-electron chi connectivity index (χ2n) is 10.6. The van der Waals surface area contributed by atoms with Crippen molar-refractivity contribution in [3.05, 3.63) is 71.9 Å². The van der Waals surface area contributed by atoms with Gasteiger partial charge in [-0.05, 0) is 29.4 Å². The highest BCUT2D eigenvalue weighted by atomic mass is 32.2. The van der Waals surface area contributed by atoms with Crippen molar-refractivity contribution >= 4 is 58.4 Å². The molecule has 13 heteroatoms. The van der Waals surface area contributed by atoms with Crippen molar-refractivity contribution in [3.8, 4) is 0 Å². The number of aromatic nitrogens is 1. The monoisotopic (exact) mass is 635 g/mol. The van der Waals surface area contributed by atoms with Gasteiger partial charge in [-0.1, -0.05) is 62.4 Å². The van der Waals surface area contributed by atoms with E-state index in [1.165, 1.54) is 25.0 Å². The minimum absolute atomic E-state index is 0.105. The molecular formula is C32H41N7O5S. The standard InChI is InChI=1S/C32H41N7O5S/c1-4-23(29(42)38-25(28(34)41)16-21-18-36-24-14-10-9-13-22(21)24)37-30(43)26(15-20-11-7-6-8-12-20)39-31(44)32(19-35-3,45-5-2)17-27(33)40/h6-14,18-19,23,25-26,36H,4-5,15-17H2,1-3H3,(H2,33,40)(H2,34,41)(H,37,43)(H,38,42)(H,39,44)/t23-,25-,26+,32?/m0/s1.